The van der Waals surface area contributed by atoms with Gasteiger partial charge in [0.1, 0.15) is 5.82 Å². The van der Waals surface area contributed by atoms with E-state index in [1.807, 2.05) is 24.3 Å². The van der Waals surface area contributed by atoms with E-state index in [1.165, 1.54) is 18.2 Å². The number of nitrogens with one attached hydrogen (secondary N) is 2. The van der Waals surface area contributed by atoms with E-state index >= 15 is 0 Å². The van der Waals surface area contributed by atoms with Crippen LogP contribution in [0.1, 0.15) is 31.8 Å². The van der Waals surface area contributed by atoms with Crippen molar-refractivity contribution in [1.82, 2.24) is 4.90 Å². The van der Waals surface area contributed by atoms with Gasteiger partial charge in [0.15, 0.2) is 0 Å². The van der Waals surface area contributed by atoms with E-state index in [1.54, 1.807) is 31.2 Å². The number of ether oxygens (including phenoxy) is 1. The Bertz CT molecular complexity index is 1160. The van der Waals surface area contributed by atoms with Crippen LogP contribution in [0, 0.1) is 12.7 Å². The van der Waals surface area contributed by atoms with Gasteiger partial charge in [0, 0.05) is 25.3 Å². The van der Waals surface area contributed by atoms with Crippen LogP contribution in [0.3, 0.4) is 0 Å². The molecule has 1 aliphatic heterocycles. The van der Waals surface area contributed by atoms with Gasteiger partial charge < -0.3 is 15.4 Å². The highest BCUT2D eigenvalue weighted by Gasteiger charge is 2.18. The molecule has 0 spiro atoms. The van der Waals surface area contributed by atoms with Crippen LogP contribution in [-0.2, 0) is 11.3 Å². The Hall–Kier alpha value is -3.55. The number of morpholine rings is 1. The molecule has 170 valence electrons. The Morgan fingerprint density at radius 2 is 1.61 bits per heavy atom. The monoisotopic (exact) mass is 447 g/mol. The fourth-order valence-electron chi connectivity index (χ4n) is 3.81. The predicted octanol–water partition coefficient (Wildman–Crippen LogP) is 4.47. The van der Waals surface area contributed by atoms with Gasteiger partial charge in [0.2, 0.25) is 0 Å². The Balaban J connectivity index is 1.51. The highest BCUT2D eigenvalue weighted by atomic mass is 19.1. The summed E-state index contributed by atoms with van der Waals surface area (Å²) in [4.78, 5) is 28.1. The third-order valence-corrected chi connectivity index (χ3v) is 5.57. The lowest BCUT2D eigenvalue weighted by molar-refractivity contribution is 0.0342. The van der Waals surface area contributed by atoms with Crippen LogP contribution in [0.5, 0.6) is 0 Å². The van der Waals surface area contributed by atoms with Crippen LogP contribution in [0.2, 0.25) is 0 Å². The third-order valence-electron chi connectivity index (χ3n) is 5.57. The molecule has 1 aliphatic rings. The van der Waals surface area contributed by atoms with Crippen molar-refractivity contribution >= 4 is 23.2 Å². The normalized spacial score (nSPS) is 14.0. The van der Waals surface area contributed by atoms with Gasteiger partial charge in [-0.3, -0.25) is 14.5 Å². The summed E-state index contributed by atoms with van der Waals surface area (Å²) < 4.78 is 19.4. The second-order valence-electron chi connectivity index (χ2n) is 7.97. The molecule has 0 bridgehead atoms. The largest absolute Gasteiger partial charge is 0.379 e. The first-order valence-corrected chi connectivity index (χ1v) is 10.9. The predicted molar refractivity (Wildman–Crippen MR) is 126 cm³/mol. The minimum Gasteiger partial charge on any atom is -0.379 e. The molecule has 2 amide bonds. The van der Waals surface area contributed by atoms with E-state index in [0.29, 0.717) is 22.5 Å². The lowest BCUT2D eigenvalue weighted by Gasteiger charge is -2.26. The van der Waals surface area contributed by atoms with Gasteiger partial charge in [0.25, 0.3) is 11.8 Å². The van der Waals surface area contributed by atoms with Gasteiger partial charge in [-0.2, -0.15) is 0 Å². The molecule has 0 aromatic heterocycles. The number of amides is 2. The zero-order valence-electron chi connectivity index (χ0n) is 18.4. The van der Waals surface area contributed by atoms with Gasteiger partial charge in [-0.25, -0.2) is 4.39 Å². The summed E-state index contributed by atoms with van der Waals surface area (Å²) in [5.74, 6) is -1.58. The number of anilines is 2. The summed E-state index contributed by atoms with van der Waals surface area (Å²) in [6.07, 6.45) is 0. The molecular formula is C26H26FN3O3. The van der Waals surface area contributed by atoms with Crippen molar-refractivity contribution in [3.63, 3.8) is 0 Å². The number of hydrogen-bond acceptors (Lipinski definition) is 4. The van der Waals surface area contributed by atoms with Crippen molar-refractivity contribution in [3.8, 4) is 0 Å². The first kappa shape index (κ1) is 22.6. The van der Waals surface area contributed by atoms with Gasteiger partial charge in [-0.1, -0.05) is 36.4 Å². The molecule has 0 saturated carbocycles. The molecule has 6 nitrogen and oxygen atoms in total. The van der Waals surface area contributed by atoms with Gasteiger partial charge >= 0.3 is 0 Å². The number of halogens is 1. The maximum atomic E-state index is 14.0. The van der Waals surface area contributed by atoms with Gasteiger partial charge in [0.05, 0.1) is 30.0 Å². The van der Waals surface area contributed by atoms with Crippen LogP contribution >= 0.6 is 0 Å². The fraction of sp³-hybridized carbons (Fsp3) is 0.231. The SMILES string of the molecule is Cc1cccc(C(=O)Nc2cccc(CN3CCOCC3)c2)c1NC(=O)c1ccccc1F. The van der Waals surface area contributed by atoms with E-state index in [-0.39, 0.29) is 11.5 Å². The number of rotatable bonds is 6. The summed E-state index contributed by atoms with van der Waals surface area (Å²) in [5, 5.41) is 5.63. The van der Waals surface area contributed by atoms with E-state index < -0.39 is 11.7 Å². The van der Waals surface area contributed by atoms with E-state index in [9.17, 15) is 14.0 Å². The molecule has 4 rings (SSSR count). The van der Waals surface area contributed by atoms with Crippen molar-refractivity contribution in [2.24, 2.45) is 0 Å². The molecule has 3 aromatic rings. The molecule has 2 N–H and O–H groups in total. The first-order valence-electron chi connectivity index (χ1n) is 10.9. The average Bonchev–Trinajstić information content (AvgIpc) is 2.81. The average molecular weight is 448 g/mol. The third kappa shape index (κ3) is 5.63. The molecule has 1 saturated heterocycles. The zero-order valence-corrected chi connectivity index (χ0v) is 18.4. The van der Waals surface area contributed by atoms with Crippen LogP contribution < -0.4 is 10.6 Å². The van der Waals surface area contributed by atoms with Gasteiger partial charge in [-0.05, 0) is 48.4 Å². The summed E-state index contributed by atoms with van der Waals surface area (Å²) >= 11 is 0. The number of hydrogen-bond donors (Lipinski definition) is 2. The molecule has 1 fully saturated rings. The van der Waals surface area contributed by atoms with Crippen molar-refractivity contribution in [2.45, 2.75) is 13.5 Å². The summed E-state index contributed by atoms with van der Waals surface area (Å²) in [5.41, 5.74) is 3.04. The molecule has 0 unspecified atom stereocenters. The molecular weight excluding hydrogens is 421 g/mol. The number of nitrogens with zero attached hydrogens (tertiary/aromatic N) is 1. The Morgan fingerprint density at radius 3 is 2.39 bits per heavy atom. The summed E-state index contributed by atoms with van der Waals surface area (Å²) in [7, 11) is 0. The summed E-state index contributed by atoms with van der Waals surface area (Å²) in [6, 6.07) is 18.6. The fourth-order valence-corrected chi connectivity index (χ4v) is 3.81. The molecule has 1 heterocycles. The Morgan fingerprint density at radius 1 is 0.909 bits per heavy atom. The molecule has 0 atom stereocenters. The quantitative estimate of drug-likeness (QED) is 0.585. The Labute approximate surface area is 192 Å². The Kier molecular flexibility index (Phi) is 7.12. The number of para-hydroxylation sites is 1. The second kappa shape index (κ2) is 10.4. The maximum absolute atomic E-state index is 14.0. The van der Waals surface area contributed by atoms with Crippen LogP contribution in [0.25, 0.3) is 0 Å². The second-order valence-corrected chi connectivity index (χ2v) is 7.97. The van der Waals surface area contributed by atoms with Crippen LogP contribution in [0.15, 0.2) is 66.7 Å². The molecule has 3 aromatic carbocycles. The van der Waals surface area contributed by atoms with E-state index in [4.69, 9.17) is 4.74 Å². The van der Waals surface area contributed by atoms with Crippen LogP contribution in [0.4, 0.5) is 15.8 Å². The number of benzene rings is 3. The standard InChI is InChI=1S/C26H26FN3O3/c1-18-6-4-10-22(24(18)29-25(31)21-9-2-3-11-23(21)27)26(32)28-20-8-5-7-19(16-20)17-30-12-14-33-15-13-30/h2-11,16H,12-15,17H2,1H3,(H,28,32)(H,29,31). The lowest BCUT2D eigenvalue weighted by Crippen LogP contribution is -2.35. The lowest BCUT2D eigenvalue weighted by atomic mass is 10.1. The van der Waals surface area contributed by atoms with Crippen molar-refractivity contribution < 1.29 is 18.7 Å². The molecule has 0 aliphatic carbocycles. The van der Waals surface area contributed by atoms with E-state index in [0.717, 1.165) is 38.4 Å². The zero-order chi connectivity index (χ0) is 23.2. The highest BCUT2D eigenvalue weighted by molar-refractivity contribution is 6.13. The number of aryl methyl sites for hydroxylation is 1. The first-order chi connectivity index (χ1) is 16.0. The smallest absolute Gasteiger partial charge is 0.258 e. The molecule has 33 heavy (non-hydrogen) atoms. The topological polar surface area (TPSA) is 70.7 Å². The van der Waals surface area contributed by atoms with Crippen molar-refractivity contribution in [3.05, 3.63) is 94.8 Å². The molecule has 0 radical (unpaired) electrons. The minimum atomic E-state index is -0.619. The maximum Gasteiger partial charge on any atom is 0.258 e. The van der Waals surface area contributed by atoms with Gasteiger partial charge in [-0.15, -0.1) is 0 Å². The minimum absolute atomic E-state index is 0.0806. The highest BCUT2D eigenvalue weighted by Crippen LogP contribution is 2.24. The summed E-state index contributed by atoms with van der Waals surface area (Å²) in [6.45, 7) is 5.78. The number of carbonyl (C=O) groups is 2. The number of carbonyl (C=O) groups excluding carboxylic acids is 2. The van der Waals surface area contributed by atoms with E-state index in [2.05, 4.69) is 15.5 Å². The van der Waals surface area contributed by atoms with Crippen molar-refractivity contribution in [1.29, 1.82) is 0 Å². The van der Waals surface area contributed by atoms with Crippen molar-refractivity contribution in [2.75, 3.05) is 36.9 Å². The van der Waals surface area contributed by atoms with Crippen LogP contribution in [-0.4, -0.2) is 43.0 Å². The molecule has 7 heteroatoms.